The van der Waals surface area contributed by atoms with Crippen molar-refractivity contribution < 1.29 is 22.8 Å². The van der Waals surface area contributed by atoms with Crippen molar-refractivity contribution >= 4 is 33.2 Å². The predicted molar refractivity (Wildman–Crippen MR) is 124 cm³/mol. The molecule has 178 valence electrons. The number of rotatable bonds is 6. The van der Waals surface area contributed by atoms with Crippen molar-refractivity contribution in [2.24, 2.45) is 10.1 Å². The number of amides is 1. The van der Waals surface area contributed by atoms with E-state index in [-0.39, 0.29) is 17.3 Å². The van der Waals surface area contributed by atoms with Gasteiger partial charge in [-0.25, -0.2) is 18.2 Å². The van der Waals surface area contributed by atoms with Crippen LogP contribution in [-0.2, 0) is 19.6 Å². The average Bonchev–Trinajstić information content (AvgIpc) is 3.31. The maximum atomic E-state index is 12.7. The van der Waals surface area contributed by atoms with Gasteiger partial charge in [-0.05, 0) is 57.1 Å². The Bertz CT molecular complexity index is 1090. The normalized spacial score (nSPS) is 29.3. The Morgan fingerprint density at radius 3 is 2.70 bits per heavy atom. The topological polar surface area (TPSA) is 124 Å². The summed E-state index contributed by atoms with van der Waals surface area (Å²) in [6.07, 6.45) is 12.4. The molecule has 0 radical (unpaired) electrons. The largest absolute Gasteiger partial charge is 0.446 e. The van der Waals surface area contributed by atoms with Crippen LogP contribution < -0.4 is 5.73 Å². The van der Waals surface area contributed by atoms with Gasteiger partial charge in [-0.3, -0.25) is 9.90 Å². The van der Waals surface area contributed by atoms with E-state index in [1.807, 2.05) is 24.4 Å². The minimum Gasteiger partial charge on any atom is -0.446 e. The first-order chi connectivity index (χ1) is 15.9. The van der Waals surface area contributed by atoms with Crippen LogP contribution in [0, 0.1) is 0 Å². The van der Waals surface area contributed by atoms with E-state index in [4.69, 9.17) is 15.3 Å². The van der Waals surface area contributed by atoms with Crippen LogP contribution in [0.5, 0.6) is 0 Å². The number of sulfonamides is 1. The van der Waals surface area contributed by atoms with E-state index >= 15 is 0 Å². The van der Waals surface area contributed by atoms with Crippen LogP contribution in [-0.4, -0.2) is 54.8 Å². The maximum absolute atomic E-state index is 12.7. The molecule has 3 fully saturated rings. The summed E-state index contributed by atoms with van der Waals surface area (Å²) < 4.78 is 34.8. The van der Waals surface area contributed by atoms with Crippen LogP contribution in [0.15, 0.2) is 34.5 Å². The lowest BCUT2D eigenvalue weighted by atomic mass is 9.88. The minimum absolute atomic E-state index is 0.123. The van der Waals surface area contributed by atoms with Gasteiger partial charge in [0.2, 0.25) is 0 Å². The van der Waals surface area contributed by atoms with Crippen molar-refractivity contribution in [2.75, 3.05) is 13.2 Å². The summed E-state index contributed by atoms with van der Waals surface area (Å²) in [7, 11) is -3.52. The predicted octanol–water partition coefficient (Wildman–Crippen LogP) is 3.37. The number of carbonyl (C=O) groups is 1. The number of hydroxylamine groups is 2. The fourth-order valence-corrected chi connectivity index (χ4v) is 7.05. The van der Waals surface area contributed by atoms with Gasteiger partial charge < -0.3 is 10.5 Å². The van der Waals surface area contributed by atoms with Crippen LogP contribution in [0.1, 0.15) is 66.7 Å². The van der Waals surface area contributed by atoms with Crippen LogP contribution in [0.3, 0.4) is 0 Å². The number of hydrogen-bond donors (Lipinski definition) is 1. The Hall–Kier alpha value is -2.24. The number of carbonyl (C=O) groups excluding carboxylic acids is 1. The van der Waals surface area contributed by atoms with Crippen LogP contribution >= 0.6 is 11.3 Å². The summed E-state index contributed by atoms with van der Waals surface area (Å²) in [6, 6.07) is 0. The van der Waals surface area contributed by atoms with Crippen LogP contribution in [0.25, 0.3) is 0 Å². The second-order valence-electron chi connectivity index (χ2n) is 8.94. The minimum atomic E-state index is -3.52. The molecule has 1 aromatic rings. The monoisotopic (exact) mass is 492 g/mol. The molecule has 0 aromatic carbocycles. The molecule has 1 aliphatic heterocycles. The van der Waals surface area contributed by atoms with Crippen molar-refractivity contribution in [3.63, 3.8) is 0 Å². The summed E-state index contributed by atoms with van der Waals surface area (Å²) in [5.74, 6) is 0.0365. The standard InChI is InChI=1S/C22H28N4O5S2/c23-22(27)31-16-5-2-14(3-6-16)21-24-13-20(32-21)18-9-4-15(26-10-1-11-30-26)12-19(18)25-33(28,29)17-7-8-17/h4,9,12-14,16-18H,1-3,5-8,10-11H2,(H2,23,27). The van der Waals surface area contributed by atoms with Crippen molar-refractivity contribution in [3.05, 3.63) is 40.0 Å². The fourth-order valence-electron chi connectivity index (χ4n) is 4.53. The Morgan fingerprint density at radius 2 is 2.03 bits per heavy atom. The van der Waals surface area contributed by atoms with E-state index in [1.54, 1.807) is 16.4 Å². The Balaban J connectivity index is 1.36. The number of nitrogens with two attached hydrogens (primary N) is 1. The SMILES string of the molecule is NC(=O)OC1CCC(c2ncc(C3C=CC(N4CCCO4)=CC3=NS(=O)(=O)C3CC3)s2)CC1. The maximum Gasteiger partial charge on any atom is 0.404 e. The molecular weight excluding hydrogens is 464 g/mol. The number of ether oxygens (including phenoxy) is 1. The zero-order valence-electron chi connectivity index (χ0n) is 18.3. The van der Waals surface area contributed by atoms with E-state index in [9.17, 15) is 13.2 Å². The van der Waals surface area contributed by atoms with E-state index in [0.29, 0.717) is 31.1 Å². The van der Waals surface area contributed by atoms with Gasteiger partial charge in [-0.15, -0.1) is 11.3 Å². The summed E-state index contributed by atoms with van der Waals surface area (Å²) in [5.41, 5.74) is 6.48. The Morgan fingerprint density at radius 1 is 1.24 bits per heavy atom. The van der Waals surface area contributed by atoms with Crippen LogP contribution in [0.2, 0.25) is 0 Å². The molecule has 1 atom stereocenters. The molecule has 9 nitrogen and oxygen atoms in total. The van der Waals surface area contributed by atoms with Crippen molar-refractivity contribution in [1.82, 2.24) is 10.0 Å². The highest BCUT2D eigenvalue weighted by Gasteiger charge is 2.37. The fraction of sp³-hybridized carbons (Fsp3) is 0.591. The van der Waals surface area contributed by atoms with Gasteiger partial charge in [-0.2, -0.15) is 4.40 Å². The van der Waals surface area contributed by atoms with E-state index in [2.05, 4.69) is 9.38 Å². The third-order valence-corrected chi connectivity index (χ3v) is 9.47. The molecule has 4 aliphatic rings. The zero-order valence-corrected chi connectivity index (χ0v) is 19.9. The number of thiazole rings is 1. The number of allylic oxidation sites excluding steroid dienone is 3. The molecule has 1 amide bonds. The summed E-state index contributed by atoms with van der Waals surface area (Å²) in [4.78, 5) is 22.3. The van der Waals surface area contributed by atoms with Gasteiger partial charge in [0.1, 0.15) is 6.10 Å². The zero-order chi connectivity index (χ0) is 23.0. The molecule has 2 heterocycles. The molecule has 1 aromatic heterocycles. The highest BCUT2D eigenvalue weighted by atomic mass is 32.2. The number of hydrogen-bond acceptors (Lipinski definition) is 8. The number of aromatic nitrogens is 1. The summed E-state index contributed by atoms with van der Waals surface area (Å²) in [5, 5.41) is 2.47. The molecule has 3 aliphatic carbocycles. The van der Waals surface area contributed by atoms with Gasteiger partial charge in [0.15, 0.2) is 0 Å². The lowest BCUT2D eigenvalue weighted by Gasteiger charge is -2.26. The quantitative estimate of drug-likeness (QED) is 0.645. The second kappa shape index (κ2) is 9.19. The first-order valence-corrected chi connectivity index (χ1v) is 13.8. The molecule has 2 saturated carbocycles. The van der Waals surface area contributed by atoms with Gasteiger partial charge in [0.05, 0.1) is 34.2 Å². The lowest BCUT2D eigenvalue weighted by molar-refractivity contribution is -0.0749. The summed E-state index contributed by atoms with van der Waals surface area (Å²) >= 11 is 1.60. The molecule has 33 heavy (non-hydrogen) atoms. The second-order valence-corrected chi connectivity index (χ2v) is 11.9. The molecule has 5 rings (SSSR count). The molecule has 0 bridgehead atoms. The molecule has 2 N–H and O–H groups in total. The Kier molecular flexibility index (Phi) is 6.28. The first kappa shape index (κ1) is 22.5. The van der Waals surface area contributed by atoms with Crippen molar-refractivity contribution in [2.45, 2.75) is 68.1 Å². The number of nitrogens with zero attached hydrogens (tertiary/aromatic N) is 3. The first-order valence-electron chi connectivity index (χ1n) is 11.4. The van der Waals surface area contributed by atoms with Gasteiger partial charge >= 0.3 is 6.09 Å². The van der Waals surface area contributed by atoms with Crippen LogP contribution in [0.4, 0.5) is 4.79 Å². The molecule has 11 heteroatoms. The van der Waals surface area contributed by atoms with E-state index in [0.717, 1.165) is 54.2 Å². The third-order valence-electron chi connectivity index (χ3n) is 6.45. The molecule has 1 saturated heterocycles. The lowest BCUT2D eigenvalue weighted by Crippen LogP contribution is -2.26. The number of primary amides is 1. The summed E-state index contributed by atoms with van der Waals surface area (Å²) in [6.45, 7) is 1.43. The van der Waals surface area contributed by atoms with Crippen molar-refractivity contribution in [1.29, 1.82) is 0 Å². The highest BCUT2D eigenvalue weighted by Crippen LogP contribution is 2.39. The van der Waals surface area contributed by atoms with E-state index in [1.165, 1.54) is 0 Å². The third kappa shape index (κ3) is 5.15. The highest BCUT2D eigenvalue weighted by molar-refractivity contribution is 7.91. The van der Waals surface area contributed by atoms with Gasteiger partial charge in [0.25, 0.3) is 10.0 Å². The molecule has 1 unspecified atom stereocenters. The average molecular weight is 493 g/mol. The van der Waals surface area contributed by atoms with Gasteiger partial charge in [-0.1, -0.05) is 6.08 Å². The Labute approximate surface area is 197 Å². The van der Waals surface area contributed by atoms with Crippen molar-refractivity contribution in [3.8, 4) is 0 Å². The van der Waals surface area contributed by atoms with Gasteiger partial charge in [0, 0.05) is 23.5 Å². The molecule has 0 spiro atoms. The molecular formula is C22H28N4O5S2. The van der Waals surface area contributed by atoms with E-state index < -0.39 is 16.1 Å². The smallest absolute Gasteiger partial charge is 0.404 e.